The Balaban J connectivity index is 1.29. The molecule has 2 atom stereocenters. The third-order valence-electron chi connectivity index (χ3n) is 10.7. The maximum atomic E-state index is 15.2. The number of thiophene rings is 1. The summed E-state index contributed by atoms with van der Waals surface area (Å²) in [4.78, 5) is 28.0. The summed E-state index contributed by atoms with van der Waals surface area (Å²) in [5.41, 5.74) is 2.70. The largest absolute Gasteiger partial charge is 0.481 e. The molecular formula is C40H33FN6O2S. The van der Waals surface area contributed by atoms with Gasteiger partial charge in [0.05, 0.1) is 22.9 Å². The van der Waals surface area contributed by atoms with Crippen LogP contribution in [0, 0.1) is 23.6 Å². The van der Waals surface area contributed by atoms with Crippen molar-refractivity contribution in [3.63, 3.8) is 0 Å². The van der Waals surface area contributed by atoms with Gasteiger partial charge in [0, 0.05) is 6.04 Å². The fourth-order valence-electron chi connectivity index (χ4n) is 8.52. The van der Waals surface area contributed by atoms with Crippen molar-refractivity contribution in [2.45, 2.75) is 37.3 Å². The van der Waals surface area contributed by atoms with E-state index in [9.17, 15) is 9.90 Å². The summed E-state index contributed by atoms with van der Waals surface area (Å²) in [6, 6.07) is 33.6. The zero-order chi connectivity index (χ0) is 33.8. The zero-order valence-electron chi connectivity index (χ0n) is 27.0. The number of aliphatic carboxylic acids is 1. The van der Waals surface area contributed by atoms with Crippen molar-refractivity contribution < 1.29 is 14.3 Å². The molecule has 50 heavy (non-hydrogen) atoms. The van der Waals surface area contributed by atoms with Crippen LogP contribution in [0.5, 0.6) is 0 Å². The molecule has 10 heteroatoms. The molecule has 3 aliphatic carbocycles. The van der Waals surface area contributed by atoms with Gasteiger partial charge in [0.15, 0.2) is 11.5 Å². The predicted octanol–water partition coefficient (Wildman–Crippen LogP) is 8.38. The normalized spacial score (nSPS) is 20.3. The van der Waals surface area contributed by atoms with Crippen molar-refractivity contribution >= 4 is 44.4 Å². The van der Waals surface area contributed by atoms with Crippen molar-refractivity contribution in [2.75, 3.05) is 5.32 Å². The number of carboxylic acids is 1. The standard InChI is InChI=1S/C40H33FN6O2S/c41-29-22-31-34(36-44-35(30-20-21-50-38(30)45-36)43-33-25-18-16-24(17-19-25)32(33)39(48)49)46-47(37(31)42-23-29)40(26-10-4-1-5-11-26,27-12-6-2-7-13-27)28-14-8-3-9-15-28/h1-15,20-25,32-33H,16-19H2,(H,48,49)(H,43,44,45). The predicted molar refractivity (Wildman–Crippen MR) is 192 cm³/mol. The Kier molecular flexibility index (Phi) is 7.42. The number of halogens is 1. The van der Waals surface area contributed by atoms with Crippen LogP contribution in [-0.4, -0.2) is 41.9 Å². The van der Waals surface area contributed by atoms with Gasteiger partial charge >= 0.3 is 5.97 Å². The van der Waals surface area contributed by atoms with Gasteiger partial charge < -0.3 is 10.4 Å². The smallest absolute Gasteiger partial charge is 0.308 e. The molecule has 0 aliphatic heterocycles. The van der Waals surface area contributed by atoms with Crippen LogP contribution in [0.2, 0.25) is 0 Å². The van der Waals surface area contributed by atoms with Gasteiger partial charge in [-0.05, 0) is 71.7 Å². The van der Waals surface area contributed by atoms with Crippen molar-refractivity contribution in [3.05, 3.63) is 137 Å². The minimum Gasteiger partial charge on any atom is -0.481 e. The second-order valence-corrected chi connectivity index (χ2v) is 14.2. The molecule has 3 saturated carbocycles. The highest BCUT2D eigenvalue weighted by atomic mass is 32.1. The highest BCUT2D eigenvalue weighted by molar-refractivity contribution is 7.16. The maximum absolute atomic E-state index is 15.2. The number of pyridine rings is 1. The van der Waals surface area contributed by atoms with Gasteiger partial charge in [-0.1, -0.05) is 91.0 Å². The molecule has 3 fully saturated rings. The summed E-state index contributed by atoms with van der Waals surface area (Å²) in [6.45, 7) is 0. The number of nitrogens with zero attached hydrogens (tertiary/aromatic N) is 5. The lowest BCUT2D eigenvalue weighted by Gasteiger charge is -2.47. The van der Waals surface area contributed by atoms with Gasteiger partial charge in [0.2, 0.25) is 0 Å². The number of benzene rings is 3. The summed E-state index contributed by atoms with van der Waals surface area (Å²) < 4.78 is 17.1. The van der Waals surface area contributed by atoms with Gasteiger partial charge in [-0.2, -0.15) is 5.10 Å². The average molecular weight is 681 g/mol. The molecular weight excluding hydrogens is 648 g/mol. The van der Waals surface area contributed by atoms with E-state index in [-0.39, 0.29) is 17.9 Å². The van der Waals surface area contributed by atoms with Gasteiger partial charge in [0.25, 0.3) is 0 Å². The van der Waals surface area contributed by atoms with Crippen LogP contribution in [0.4, 0.5) is 10.2 Å². The highest BCUT2D eigenvalue weighted by Gasteiger charge is 2.48. The van der Waals surface area contributed by atoms with Gasteiger partial charge in [-0.3, -0.25) is 4.79 Å². The minimum absolute atomic E-state index is 0.144. The van der Waals surface area contributed by atoms with Crippen LogP contribution >= 0.6 is 11.3 Å². The van der Waals surface area contributed by atoms with Crippen LogP contribution in [0.1, 0.15) is 42.4 Å². The van der Waals surface area contributed by atoms with E-state index in [1.807, 2.05) is 70.7 Å². The van der Waals surface area contributed by atoms with Crippen LogP contribution in [-0.2, 0) is 10.3 Å². The van der Waals surface area contributed by atoms with E-state index in [0.29, 0.717) is 28.4 Å². The number of fused-ring (bicyclic) bond motifs is 5. The summed E-state index contributed by atoms with van der Waals surface area (Å²) in [5, 5.41) is 22.5. The number of hydrogen-bond donors (Lipinski definition) is 2. The number of nitrogens with one attached hydrogen (secondary N) is 1. The van der Waals surface area contributed by atoms with E-state index in [1.165, 1.54) is 23.6 Å². The van der Waals surface area contributed by atoms with Gasteiger partial charge in [0.1, 0.15) is 27.7 Å². The fourth-order valence-corrected chi connectivity index (χ4v) is 9.29. The number of carboxylic acid groups (broad SMARTS) is 1. The molecule has 4 heterocycles. The molecule has 2 unspecified atom stereocenters. The average Bonchev–Trinajstić information content (AvgIpc) is 3.79. The first-order valence-corrected chi connectivity index (χ1v) is 17.9. The molecule has 3 aliphatic rings. The van der Waals surface area contributed by atoms with Crippen LogP contribution in [0.3, 0.4) is 0 Å². The summed E-state index contributed by atoms with van der Waals surface area (Å²) in [6.07, 6.45) is 5.10. The van der Waals surface area contributed by atoms with Crippen molar-refractivity contribution in [2.24, 2.45) is 17.8 Å². The first kappa shape index (κ1) is 30.6. The van der Waals surface area contributed by atoms with E-state index >= 15 is 4.39 Å². The Morgan fingerprint density at radius 2 is 1.42 bits per heavy atom. The molecule has 0 amide bonds. The minimum atomic E-state index is -1.00. The first-order chi connectivity index (χ1) is 24.5. The van der Waals surface area contributed by atoms with E-state index in [4.69, 9.17) is 15.1 Å². The number of carbonyl (C=O) groups is 1. The second-order valence-electron chi connectivity index (χ2n) is 13.3. The molecule has 0 radical (unpaired) electrons. The molecule has 4 aromatic heterocycles. The first-order valence-electron chi connectivity index (χ1n) is 17.0. The number of aromatic nitrogens is 5. The summed E-state index contributed by atoms with van der Waals surface area (Å²) in [7, 11) is 0. The van der Waals surface area contributed by atoms with E-state index in [2.05, 4.69) is 46.7 Å². The Bertz CT molecular complexity index is 2240. The Morgan fingerprint density at radius 3 is 2.02 bits per heavy atom. The molecule has 0 saturated heterocycles. The van der Waals surface area contributed by atoms with E-state index in [1.54, 1.807) is 0 Å². The molecule has 248 valence electrons. The molecule has 3 aromatic carbocycles. The zero-order valence-corrected chi connectivity index (χ0v) is 27.8. The molecule has 10 rings (SSSR count). The van der Waals surface area contributed by atoms with Gasteiger partial charge in [-0.15, -0.1) is 11.3 Å². The van der Waals surface area contributed by atoms with Crippen molar-refractivity contribution in [1.29, 1.82) is 0 Å². The number of rotatable bonds is 8. The quantitative estimate of drug-likeness (QED) is 0.155. The molecule has 8 nitrogen and oxygen atoms in total. The fraction of sp³-hybridized carbons (Fsp3) is 0.225. The monoisotopic (exact) mass is 680 g/mol. The Hall–Kier alpha value is -5.48. The van der Waals surface area contributed by atoms with Crippen LogP contribution < -0.4 is 5.32 Å². The lowest BCUT2D eigenvalue weighted by atomic mass is 9.61. The SMILES string of the molecule is O=C(O)C1C2CCC(CC2)C1Nc1nc(-c2nn(C(c3ccccc3)(c3ccccc3)c3ccccc3)c3ncc(F)cc23)nc2sccc12. The topological polar surface area (TPSA) is 106 Å². The summed E-state index contributed by atoms with van der Waals surface area (Å²) >= 11 is 1.47. The molecule has 7 aromatic rings. The van der Waals surface area contributed by atoms with Crippen molar-refractivity contribution in [3.8, 4) is 11.5 Å². The molecule has 2 N–H and O–H groups in total. The third-order valence-corrected chi connectivity index (χ3v) is 11.5. The van der Waals surface area contributed by atoms with Crippen molar-refractivity contribution in [1.82, 2.24) is 24.7 Å². The highest BCUT2D eigenvalue weighted by Crippen LogP contribution is 2.47. The van der Waals surface area contributed by atoms with Crippen LogP contribution in [0.15, 0.2) is 115 Å². The molecule has 2 bridgehead atoms. The number of hydrogen-bond acceptors (Lipinski definition) is 7. The van der Waals surface area contributed by atoms with Gasteiger partial charge in [-0.25, -0.2) is 24.0 Å². The van der Waals surface area contributed by atoms with Crippen LogP contribution in [0.25, 0.3) is 32.8 Å². The van der Waals surface area contributed by atoms with E-state index in [0.717, 1.165) is 52.6 Å². The summed E-state index contributed by atoms with van der Waals surface area (Å²) in [5.74, 6) is -0.479. The second kappa shape index (κ2) is 12.1. The van der Waals surface area contributed by atoms with E-state index < -0.39 is 23.2 Å². The maximum Gasteiger partial charge on any atom is 0.308 e. The third kappa shape index (κ3) is 4.80. The Morgan fingerprint density at radius 1 is 0.820 bits per heavy atom. The lowest BCUT2D eigenvalue weighted by molar-refractivity contribution is -0.148. The Labute approximate surface area is 291 Å². The molecule has 0 spiro atoms. The number of anilines is 1. The lowest BCUT2D eigenvalue weighted by Crippen LogP contribution is -2.51.